The first-order chi connectivity index (χ1) is 18.8. The van der Waals surface area contributed by atoms with Crippen molar-refractivity contribution >= 4 is 32.8 Å². The number of benzene rings is 2. The molecule has 2 unspecified atom stereocenters. The SMILES string of the molecule is CCC1CN(C(=O)OCc2ccccc2)CC1N(C)c1c(C#N)cnc2c1ccn2S(=O)(=O)c1ccccc1. The van der Waals surface area contributed by atoms with E-state index in [4.69, 9.17) is 4.74 Å². The molecule has 0 spiro atoms. The minimum atomic E-state index is -3.88. The maximum absolute atomic E-state index is 13.4. The standard InChI is InChI=1S/C29H29N5O4S/c1-3-22-18-33(29(35)38-20-21-10-6-4-7-11-21)19-26(22)32(2)27-23(16-30)17-31-28-25(27)14-15-34(28)39(36,37)24-12-8-5-9-13-24/h4-15,17,22,26H,3,18-20H2,1-2H3. The number of hydrogen-bond acceptors (Lipinski definition) is 7. The zero-order chi connectivity index (χ0) is 27.6. The Morgan fingerprint density at radius 2 is 1.79 bits per heavy atom. The molecule has 3 heterocycles. The fraction of sp³-hybridized carbons (Fsp3) is 0.276. The first-order valence-electron chi connectivity index (χ1n) is 12.7. The molecule has 2 aromatic carbocycles. The Morgan fingerprint density at radius 3 is 2.46 bits per heavy atom. The third-order valence-corrected chi connectivity index (χ3v) is 9.00. The Morgan fingerprint density at radius 1 is 1.10 bits per heavy atom. The summed E-state index contributed by atoms with van der Waals surface area (Å²) in [5.41, 5.74) is 2.08. The zero-order valence-electron chi connectivity index (χ0n) is 21.8. The summed E-state index contributed by atoms with van der Waals surface area (Å²) in [6.45, 7) is 3.21. The number of pyridine rings is 1. The summed E-state index contributed by atoms with van der Waals surface area (Å²) in [5.74, 6) is 0.129. The van der Waals surface area contributed by atoms with E-state index < -0.39 is 10.0 Å². The number of amides is 1. The van der Waals surface area contributed by atoms with Gasteiger partial charge in [-0.05, 0) is 36.1 Å². The van der Waals surface area contributed by atoms with Crippen LogP contribution in [-0.4, -0.2) is 54.5 Å². The van der Waals surface area contributed by atoms with Crippen molar-refractivity contribution in [1.82, 2.24) is 13.9 Å². The van der Waals surface area contributed by atoms with E-state index in [1.54, 1.807) is 29.2 Å². The van der Waals surface area contributed by atoms with Crippen LogP contribution in [0.5, 0.6) is 0 Å². The number of nitrogens with zero attached hydrogens (tertiary/aromatic N) is 5. The highest BCUT2D eigenvalue weighted by molar-refractivity contribution is 7.90. The number of hydrogen-bond donors (Lipinski definition) is 0. The monoisotopic (exact) mass is 543 g/mol. The van der Waals surface area contributed by atoms with Gasteiger partial charge in [0, 0.05) is 37.9 Å². The molecule has 0 N–H and O–H groups in total. The van der Waals surface area contributed by atoms with Crippen LogP contribution in [0.1, 0.15) is 24.5 Å². The summed E-state index contributed by atoms with van der Waals surface area (Å²) in [6.07, 6.45) is 3.32. The van der Waals surface area contributed by atoms with Crippen molar-refractivity contribution in [1.29, 1.82) is 5.26 Å². The highest BCUT2D eigenvalue weighted by Crippen LogP contribution is 2.36. The van der Waals surface area contributed by atoms with E-state index in [0.717, 1.165) is 16.0 Å². The molecule has 0 saturated carbocycles. The number of ether oxygens (including phenoxy) is 1. The van der Waals surface area contributed by atoms with Gasteiger partial charge in [0.25, 0.3) is 10.0 Å². The summed E-state index contributed by atoms with van der Waals surface area (Å²) in [6, 6.07) is 21.5. The van der Waals surface area contributed by atoms with Crippen LogP contribution < -0.4 is 4.90 Å². The van der Waals surface area contributed by atoms with Crippen LogP contribution in [0.4, 0.5) is 10.5 Å². The second-order valence-electron chi connectivity index (χ2n) is 9.59. The molecular formula is C29H29N5O4S. The van der Waals surface area contributed by atoms with Gasteiger partial charge >= 0.3 is 6.09 Å². The number of anilines is 1. The number of likely N-dealkylation sites (N-methyl/N-ethyl adjacent to an activating group) is 1. The quantitative estimate of drug-likeness (QED) is 0.334. The maximum Gasteiger partial charge on any atom is 0.410 e. The molecule has 5 rings (SSSR count). The molecule has 0 aliphatic carbocycles. The third-order valence-electron chi connectivity index (χ3n) is 7.32. The van der Waals surface area contributed by atoms with Crippen molar-refractivity contribution in [2.75, 3.05) is 25.0 Å². The largest absolute Gasteiger partial charge is 0.445 e. The molecule has 1 saturated heterocycles. The number of carbonyl (C=O) groups excluding carboxylic acids is 1. The topological polar surface area (TPSA) is 109 Å². The molecule has 39 heavy (non-hydrogen) atoms. The number of rotatable bonds is 7. The summed E-state index contributed by atoms with van der Waals surface area (Å²) in [7, 11) is -2.00. The van der Waals surface area contributed by atoms with Gasteiger partial charge in [-0.2, -0.15) is 5.26 Å². The van der Waals surface area contributed by atoms with Gasteiger partial charge in [-0.3, -0.25) is 0 Å². The summed E-state index contributed by atoms with van der Waals surface area (Å²) in [4.78, 5) is 21.1. The molecule has 4 aromatic rings. The highest BCUT2D eigenvalue weighted by atomic mass is 32.2. The Labute approximate surface area is 227 Å². The second kappa shape index (κ2) is 10.8. The van der Waals surface area contributed by atoms with E-state index in [1.807, 2.05) is 42.3 Å². The lowest BCUT2D eigenvalue weighted by Crippen LogP contribution is -2.39. The van der Waals surface area contributed by atoms with Gasteiger partial charge in [-0.1, -0.05) is 55.5 Å². The Kier molecular flexibility index (Phi) is 7.26. The van der Waals surface area contributed by atoms with Crippen LogP contribution in [0.3, 0.4) is 0 Å². The summed E-state index contributed by atoms with van der Waals surface area (Å²) < 4.78 is 33.5. The van der Waals surface area contributed by atoms with Gasteiger partial charge < -0.3 is 14.5 Å². The lowest BCUT2D eigenvalue weighted by atomic mass is 9.98. The fourth-order valence-electron chi connectivity index (χ4n) is 5.23. The number of likely N-dealkylation sites (tertiary alicyclic amines) is 1. The lowest BCUT2D eigenvalue weighted by Gasteiger charge is -2.31. The van der Waals surface area contributed by atoms with Crippen molar-refractivity contribution in [3.8, 4) is 6.07 Å². The van der Waals surface area contributed by atoms with Gasteiger partial charge in [0.2, 0.25) is 0 Å². The number of carbonyl (C=O) groups is 1. The Hall–Kier alpha value is -4.36. The van der Waals surface area contributed by atoms with Crippen LogP contribution in [0.25, 0.3) is 11.0 Å². The van der Waals surface area contributed by atoms with Crippen LogP contribution in [0.2, 0.25) is 0 Å². The molecule has 0 bridgehead atoms. The van der Waals surface area contributed by atoms with E-state index in [2.05, 4.69) is 18.0 Å². The predicted octanol–water partition coefficient (Wildman–Crippen LogP) is 4.63. The normalized spacial score (nSPS) is 17.2. The molecule has 0 radical (unpaired) electrons. The summed E-state index contributed by atoms with van der Waals surface area (Å²) in [5, 5.41) is 10.5. The van der Waals surface area contributed by atoms with Crippen molar-refractivity contribution in [3.63, 3.8) is 0 Å². The number of nitriles is 1. The van der Waals surface area contributed by atoms with Crippen LogP contribution >= 0.6 is 0 Å². The van der Waals surface area contributed by atoms with E-state index in [-0.39, 0.29) is 35.2 Å². The Bertz CT molecular complexity index is 1630. The van der Waals surface area contributed by atoms with Crippen LogP contribution in [0, 0.1) is 17.2 Å². The van der Waals surface area contributed by atoms with Gasteiger partial charge in [0.15, 0.2) is 5.65 Å². The molecule has 1 amide bonds. The van der Waals surface area contributed by atoms with Gasteiger partial charge in [-0.25, -0.2) is 22.2 Å². The molecule has 1 aliphatic heterocycles. The average molecular weight is 544 g/mol. The van der Waals surface area contributed by atoms with Gasteiger partial charge in [0.05, 0.1) is 22.2 Å². The van der Waals surface area contributed by atoms with Crippen molar-refractivity contribution in [2.45, 2.75) is 30.9 Å². The minimum Gasteiger partial charge on any atom is -0.445 e. The molecule has 2 aromatic heterocycles. The average Bonchev–Trinajstić information content (AvgIpc) is 3.61. The van der Waals surface area contributed by atoms with Crippen LogP contribution in [-0.2, 0) is 21.4 Å². The van der Waals surface area contributed by atoms with E-state index in [0.29, 0.717) is 29.7 Å². The smallest absolute Gasteiger partial charge is 0.410 e. The fourth-order valence-corrected chi connectivity index (χ4v) is 6.55. The molecule has 1 fully saturated rings. The van der Waals surface area contributed by atoms with E-state index >= 15 is 0 Å². The molecule has 9 nitrogen and oxygen atoms in total. The van der Waals surface area contributed by atoms with E-state index in [9.17, 15) is 18.5 Å². The van der Waals surface area contributed by atoms with Crippen molar-refractivity contribution in [2.24, 2.45) is 5.92 Å². The zero-order valence-corrected chi connectivity index (χ0v) is 22.6. The second-order valence-corrected chi connectivity index (χ2v) is 11.4. The third kappa shape index (κ3) is 4.93. The Balaban J connectivity index is 1.45. The van der Waals surface area contributed by atoms with Gasteiger partial charge in [0.1, 0.15) is 12.7 Å². The molecule has 2 atom stereocenters. The van der Waals surface area contributed by atoms with Crippen molar-refractivity contribution < 1.29 is 17.9 Å². The summed E-state index contributed by atoms with van der Waals surface area (Å²) >= 11 is 0. The van der Waals surface area contributed by atoms with Crippen molar-refractivity contribution in [3.05, 3.63) is 90.3 Å². The van der Waals surface area contributed by atoms with E-state index in [1.165, 1.54) is 24.5 Å². The predicted molar refractivity (Wildman–Crippen MR) is 148 cm³/mol. The first kappa shape index (κ1) is 26.3. The molecule has 200 valence electrons. The first-order valence-corrected chi connectivity index (χ1v) is 14.2. The highest BCUT2D eigenvalue weighted by Gasteiger charge is 2.38. The van der Waals surface area contributed by atoms with Gasteiger partial charge in [-0.15, -0.1) is 0 Å². The molecule has 10 heteroatoms. The number of aromatic nitrogens is 2. The minimum absolute atomic E-state index is 0.106. The molecule has 1 aliphatic rings. The lowest BCUT2D eigenvalue weighted by molar-refractivity contribution is 0.103. The molecular weight excluding hydrogens is 514 g/mol. The maximum atomic E-state index is 13.4. The van der Waals surface area contributed by atoms with Crippen LogP contribution in [0.15, 0.2) is 84.0 Å². The number of fused-ring (bicyclic) bond motifs is 1.